The van der Waals surface area contributed by atoms with Crippen LogP contribution in [0.3, 0.4) is 0 Å². The molecule has 1 aliphatic heterocycles. The summed E-state index contributed by atoms with van der Waals surface area (Å²) in [5, 5.41) is 0. The second kappa shape index (κ2) is 7.82. The Morgan fingerprint density at radius 1 is 1.26 bits per heavy atom. The first kappa shape index (κ1) is 17.8. The van der Waals surface area contributed by atoms with Gasteiger partial charge < -0.3 is 15.4 Å². The van der Waals surface area contributed by atoms with Crippen molar-refractivity contribution in [2.45, 2.75) is 65.5 Å². The quantitative estimate of drug-likeness (QED) is 0.825. The average Bonchev–Trinajstić information content (AvgIpc) is 2.53. The summed E-state index contributed by atoms with van der Waals surface area (Å²) in [5.41, 5.74) is 8.20. The molecule has 0 spiro atoms. The molecule has 0 radical (unpaired) electrons. The molecule has 4 nitrogen and oxygen atoms in total. The molecule has 2 atom stereocenters. The van der Waals surface area contributed by atoms with Crippen LogP contribution in [0.25, 0.3) is 0 Å². The largest absolute Gasteiger partial charge is 0.478 e. The number of fused-ring (bicyclic) bond motifs is 1. The summed E-state index contributed by atoms with van der Waals surface area (Å²) in [6.07, 6.45) is 3.28. The summed E-state index contributed by atoms with van der Waals surface area (Å²) >= 11 is 0. The summed E-state index contributed by atoms with van der Waals surface area (Å²) < 4.78 is 5.89. The van der Waals surface area contributed by atoms with Crippen molar-refractivity contribution < 1.29 is 9.53 Å². The molecule has 23 heavy (non-hydrogen) atoms. The van der Waals surface area contributed by atoms with Crippen LogP contribution in [0.5, 0.6) is 5.75 Å². The van der Waals surface area contributed by atoms with E-state index in [9.17, 15) is 4.79 Å². The van der Waals surface area contributed by atoms with Crippen molar-refractivity contribution in [2.75, 3.05) is 11.4 Å². The number of carbonyl (C=O) groups excluding carboxylic acids is 1. The lowest BCUT2D eigenvalue weighted by Crippen LogP contribution is -2.46. The Kier molecular flexibility index (Phi) is 6.05. The highest BCUT2D eigenvalue weighted by Gasteiger charge is 2.33. The Balaban J connectivity index is 2.34. The monoisotopic (exact) mass is 318 g/mol. The van der Waals surface area contributed by atoms with Crippen molar-refractivity contribution >= 4 is 11.6 Å². The van der Waals surface area contributed by atoms with Crippen LogP contribution in [0.4, 0.5) is 5.69 Å². The Morgan fingerprint density at radius 2 is 2.00 bits per heavy atom. The summed E-state index contributed by atoms with van der Waals surface area (Å²) in [4.78, 5) is 14.6. The Morgan fingerprint density at radius 3 is 2.61 bits per heavy atom. The molecule has 2 N–H and O–H groups in total. The molecular formula is C19H30N2O2. The molecule has 128 valence electrons. The number of rotatable bonds is 7. The molecule has 0 saturated carbocycles. The first-order valence-corrected chi connectivity index (χ1v) is 8.85. The van der Waals surface area contributed by atoms with E-state index in [1.807, 2.05) is 30.0 Å². The van der Waals surface area contributed by atoms with Crippen molar-refractivity contribution in [1.82, 2.24) is 0 Å². The van der Waals surface area contributed by atoms with E-state index >= 15 is 0 Å². The zero-order valence-corrected chi connectivity index (χ0v) is 14.8. The first-order valence-electron chi connectivity index (χ1n) is 8.85. The minimum atomic E-state index is -0.371. The van der Waals surface area contributed by atoms with Crippen LogP contribution < -0.4 is 15.4 Å². The molecular weight excluding hydrogens is 288 g/mol. The molecule has 4 heteroatoms. The molecule has 1 aromatic carbocycles. The zero-order valence-electron chi connectivity index (χ0n) is 14.8. The number of hydrogen-bond donors (Lipinski definition) is 1. The van der Waals surface area contributed by atoms with Crippen molar-refractivity contribution in [1.29, 1.82) is 0 Å². The van der Waals surface area contributed by atoms with E-state index in [4.69, 9.17) is 10.5 Å². The third-order valence-corrected chi connectivity index (χ3v) is 4.41. The highest BCUT2D eigenvalue weighted by Crippen LogP contribution is 2.37. The minimum absolute atomic E-state index is 0.0104. The molecule has 0 saturated heterocycles. The third kappa shape index (κ3) is 4.05. The van der Waals surface area contributed by atoms with Gasteiger partial charge in [-0.3, -0.25) is 4.79 Å². The van der Waals surface area contributed by atoms with Crippen LogP contribution in [-0.4, -0.2) is 18.6 Å². The summed E-state index contributed by atoms with van der Waals surface area (Å²) in [5.74, 6) is 1.43. The smallest absolute Gasteiger partial charge is 0.268 e. The van der Waals surface area contributed by atoms with E-state index in [1.165, 1.54) is 0 Å². The number of anilines is 1. The van der Waals surface area contributed by atoms with Gasteiger partial charge in [0.25, 0.3) is 5.91 Å². The maximum Gasteiger partial charge on any atom is 0.268 e. The van der Waals surface area contributed by atoms with E-state index in [0.29, 0.717) is 12.3 Å². The van der Waals surface area contributed by atoms with Gasteiger partial charge in [-0.15, -0.1) is 0 Å². The lowest BCUT2D eigenvalue weighted by atomic mass is 10.0. The molecule has 0 aliphatic carbocycles. The second-order valence-corrected chi connectivity index (χ2v) is 6.81. The van der Waals surface area contributed by atoms with Crippen molar-refractivity contribution in [3.63, 3.8) is 0 Å². The lowest BCUT2D eigenvalue weighted by Gasteiger charge is -2.35. The van der Waals surface area contributed by atoms with E-state index in [2.05, 4.69) is 20.8 Å². The lowest BCUT2D eigenvalue weighted by molar-refractivity contribution is -0.126. The Bertz CT molecular complexity index is 542. The fraction of sp³-hybridized carbons (Fsp3) is 0.632. The van der Waals surface area contributed by atoms with Gasteiger partial charge >= 0.3 is 0 Å². The minimum Gasteiger partial charge on any atom is -0.478 e. The van der Waals surface area contributed by atoms with Gasteiger partial charge in [0, 0.05) is 12.6 Å². The van der Waals surface area contributed by atoms with E-state index in [1.54, 1.807) is 0 Å². The fourth-order valence-electron chi connectivity index (χ4n) is 2.93. The van der Waals surface area contributed by atoms with E-state index in [-0.39, 0.29) is 18.1 Å². The van der Waals surface area contributed by atoms with Gasteiger partial charge in [0.05, 0.1) is 5.69 Å². The maximum absolute atomic E-state index is 12.7. The molecule has 1 aliphatic rings. The van der Waals surface area contributed by atoms with Crippen LogP contribution in [0.1, 0.15) is 65.0 Å². The topological polar surface area (TPSA) is 55.6 Å². The molecule has 0 fully saturated rings. The number of carbonyl (C=O) groups is 1. The average molecular weight is 318 g/mol. The van der Waals surface area contributed by atoms with Gasteiger partial charge in [0.1, 0.15) is 5.75 Å². The van der Waals surface area contributed by atoms with Gasteiger partial charge in [0.2, 0.25) is 0 Å². The molecule has 1 heterocycles. The van der Waals surface area contributed by atoms with Gasteiger partial charge in [0.15, 0.2) is 6.10 Å². The van der Waals surface area contributed by atoms with Crippen LogP contribution in [0.15, 0.2) is 18.2 Å². The SMILES string of the molecule is CCCC(N)c1ccc2c(c1)N(CCC(C)C)C(=O)C(CC)O2. The zero-order chi connectivity index (χ0) is 17.0. The predicted molar refractivity (Wildman–Crippen MR) is 94.8 cm³/mol. The van der Waals surface area contributed by atoms with E-state index in [0.717, 1.165) is 42.8 Å². The van der Waals surface area contributed by atoms with E-state index < -0.39 is 0 Å². The number of nitrogens with two attached hydrogens (primary N) is 1. The Hall–Kier alpha value is -1.55. The number of ether oxygens (including phenoxy) is 1. The van der Waals surface area contributed by atoms with Crippen molar-refractivity contribution in [3.05, 3.63) is 23.8 Å². The highest BCUT2D eigenvalue weighted by atomic mass is 16.5. The van der Waals surface area contributed by atoms with Crippen molar-refractivity contribution in [2.24, 2.45) is 11.7 Å². The van der Waals surface area contributed by atoms with Crippen LogP contribution >= 0.6 is 0 Å². The molecule has 1 amide bonds. The first-order chi connectivity index (χ1) is 11.0. The maximum atomic E-state index is 12.7. The molecule has 0 aromatic heterocycles. The molecule has 1 aromatic rings. The fourth-order valence-corrected chi connectivity index (χ4v) is 2.93. The normalized spacial score (nSPS) is 18.8. The second-order valence-electron chi connectivity index (χ2n) is 6.81. The van der Waals surface area contributed by atoms with Crippen LogP contribution in [0, 0.1) is 5.92 Å². The third-order valence-electron chi connectivity index (χ3n) is 4.41. The number of benzene rings is 1. The highest BCUT2D eigenvalue weighted by molar-refractivity contribution is 6.00. The van der Waals surface area contributed by atoms with Crippen molar-refractivity contribution in [3.8, 4) is 5.75 Å². The summed E-state index contributed by atoms with van der Waals surface area (Å²) in [6, 6.07) is 6.05. The van der Waals surface area contributed by atoms with Gasteiger partial charge in [-0.25, -0.2) is 0 Å². The summed E-state index contributed by atoms with van der Waals surface area (Å²) in [7, 11) is 0. The Labute approximate surface area is 140 Å². The van der Waals surface area contributed by atoms with Gasteiger partial charge in [-0.1, -0.05) is 40.2 Å². The summed E-state index contributed by atoms with van der Waals surface area (Å²) in [6.45, 7) is 9.20. The number of nitrogens with zero attached hydrogens (tertiary/aromatic N) is 1. The van der Waals surface area contributed by atoms with Gasteiger partial charge in [-0.05, 0) is 42.9 Å². The standard InChI is InChI=1S/C19H30N2O2/c1-5-7-15(20)14-8-9-18-16(12-14)21(11-10-13(3)4)19(22)17(6-2)23-18/h8-9,12-13,15,17H,5-7,10-11,20H2,1-4H3. The number of amides is 1. The van der Waals surface area contributed by atoms with Gasteiger partial charge in [-0.2, -0.15) is 0 Å². The van der Waals surface area contributed by atoms with Crippen LogP contribution in [0.2, 0.25) is 0 Å². The predicted octanol–water partition coefficient (Wildman–Crippen LogP) is 4.04. The molecule has 2 unspecified atom stereocenters. The van der Waals surface area contributed by atoms with Crippen LogP contribution in [-0.2, 0) is 4.79 Å². The molecule has 0 bridgehead atoms. The number of hydrogen-bond acceptors (Lipinski definition) is 3. The molecule has 2 rings (SSSR count).